The monoisotopic (exact) mass is 326 g/mol. The first-order valence-corrected chi connectivity index (χ1v) is 5.89. The van der Waals surface area contributed by atoms with E-state index >= 15 is 0 Å². The molecule has 0 amide bonds. The molecule has 0 bridgehead atoms. The maximum Gasteiger partial charge on any atom is 0.311 e. The number of nitrogens with zero attached hydrogens (tertiary/aromatic N) is 2. The highest BCUT2D eigenvalue weighted by molar-refractivity contribution is 9.10. The van der Waals surface area contributed by atoms with Crippen molar-refractivity contribution < 1.29 is 9.31 Å². The Balaban J connectivity index is 2.29. The van der Waals surface area contributed by atoms with Crippen molar-refractivity contribution in [1.29, 1.82) is 0 Å². The van der Waals surface area contributed by atoms with Crippen LogP contribution in [0.15, 0.2) is 34.8 Å². The number of nitrogens with one attached hydrogen (secondary N) is 1. The summed E-state index contributed by atoms with van der Waals surface area (Å²) in [5.41, 5.74) is 5.78. The van der Waals surface area contributed by atoms with Gasteiger partial charge in [-0.15, -0.1) is 0 Å². The van der Waals surface area contributed by atoms with Crippen LogP contribution in [-0.4, -0.2) is 9.91 Å². The van der Waals surface area contributed by atoms with Gasteiger partial charge in [-0.3, -0.25) is 10.1 Å². The number of nitrogen functional groups attached to an aromatic ring is 1. The number of pyridine rings is 1. The molecule has 0 aliphatic heterocycles. The van der Waals surface area contributed by atoms with Gasteiger partial charge in [0.1, 0.15) is 11.6 Å². The smallest absolute Gasteiger partial charge is 0.311 e. The van der Waals surface area contributed by atoms with Crippen LogP contribution in [0, 0.1) is 15.9 Å². The Morgan fingerprint density at radius 1 is 1.37 bits per heavy atom. The van der Waals surface area contributed by atoms with Crippen LogP contribution < -0.4 is 11.1 Å². The zero-order valence-corrected chi connectivity index (χ0v) is 11.0. The number of hydrogen-bond donors (Lipinski definition) is 2. The van der Waals surface area contributed by atoms with Crippen LogP contribution in [0.3, 0.4) is 0 Å². The number of anilines is 3. The average molecular weight is 327 g/mol. The molecule has 0 fully saturated rings. The molecule has 0 radical (unpaired) electrons. The summed E-state index contributed by atoms with van der Waals surface area (Å²) in [5.74, 6) is -0.239. The summed E-state index contributed by atoms with van der Waals surface area (Å²) in [5, 5.41) is 13.5. The van der Waals surface area contributed by atoms with Crippen molar-refractivity contribution in [3.63, 3.8) is 0 Å². The third-order valence-electron chi connectivity index (χ3n) is 2.29. The van der Waals surface area contributed by atoms with Gasteiger partial charge in [0.25, 0.3) is 0 Å². The van der Waals surface area contributed by atoms with Crippen LogP contribution in [0.2, 0.25) is 0 Å². The number of hydrogen-bond acceptors (Lipinski definition) is 5. The lowest BCUT2D eigenvalue weighted by atomic mass is 10.3. The van der Waals surface area contributed by atoms with Crippen LogP contribution in [-0.2, 0) is 0 Å². The molecule has 6 nitrogen and oxygen atoms in total. The molecular weight excluding hydrogens is 319 g/mol. The molecule has 0 aliphatic carbocycles. The second-order valence-corrected chi connectivity index (χ2v) is 4.46. The summed E-state index contributed by atoms with van der Waals surface area (Å²) in [6.07, 6.45) is 0. The quantitative estimate of drug-likeness (QED) is 0.667. The summed E-state index contributed by atoms with van der Waals surface area (Å²) in [6.45, 7) is 0. The highest BCUT2D eigenvalue weighted by atomic mass is 79.9. The Labute approximate surface area is 115 Å². The lowest BCUT2D eigenvalue weighted by Crippen LogP contribution is -2.01. The van der Waals surface area contributed by atoms with Crippen LogP contribution in [0.1, 0.15) is 0 Å². The molecule has 1 heterocycles. The normalized spacial score (nSPS) is 10.2. The van der Waals surface area contributed by atoms with Crippen LogP contribution in [0.25, 0.3) is 0 Å². The van der Waals surface area contributed by atoms with Gasteiger partial charge in [0.05, 0.1) is 10.6 Å². The van der Waals surface area contributed by atoms with Crippen molar-refractivity contribution in [3.05, 3.63) is 50.7 Å². The highest BCUT2D eigenvalue weighted by Crippen LogP contribution is 2.27. The van der Waals surface area contributed by atoms with E-state index in [0.717, 1.165) is 0 Å². The van der Waals surface area contributed by atoms with Gasteiger partial charge in [0.15, 0.2) is 0 Å². The topological polar surface area (TPSA) is 94.1 Å². The molecule has 1 aromatic carbocycles. The summed E-state index contributed by atoms with van der Waals surface area (Å²) in [6, 6.07) is 6.75. The molecule has 0 unspecified atom stereocenters. The largest absolute Gasteiger partial charge is 0.378 e. The van der Waals surface area contributed by atoms with E-state index in [-0.39, 0.29) is 17.3 Å². The Kier molecular flexibility index (Phi) is 3.61. The van der Waals surface area contributed by atoms with Gasteiger partial charge in [-0.25, -0.2) is 9.37 Å². The number of aromatic nitrogens is 1. The minimum absolute atomic E-state index is 0.187. The van der Waals surface area contributed by atoms with Gasteiger partial charge < -0.3 is 11.1 Å². The van der Waals surface area contributed by atoms with Crippen molar-refractivity contribution in [3.8, 4) is 0 Å². The van der Waals surface area contributed by atoms with Crippen molar-refractivity contribution >= 4 is 38.9 Å². The van der Waals surface area contributed by atoms with Crippen LogP contribution >= 0.6 is 15.9 Å². The van der Waals surface area contributed by atoms with Gasteiger partial charge in [-0.2, -0.15) is 0 Å². The predicted molar refractivity (Wildman–Crippen MR) is 72.7 cm³/mol. The Hall–Kier alpha value is -2.22. The van der Waals surface area contributed by atoms with Crippen molar-refractivity contribution in [2.45, 2.75) is 0 Å². The summed E-state index contributed by atoms with van der Waals surface area (Å²) >= 11 is 3.19. The number of nitrogens with two attached hydrogens (primary N) is 1. The third kappa shape index (κ3) is 2.97. The molecule has 98 valence electrons. The minimum Gasteiger partial charge on any atom is -0.378 e. The molecule has 0 aliphatic rings. The summed E-state index contributed by atoms with van der Waals surface area (Å²) in [7, 11) is 0. The lowest BCUT2D eigenvalue weighted by Gasteiger charge is -2.08. The van der Waals surface area contributed by atoms with Crippen molar-refractivity contribution in [2.24, 2.45) is 0 Å². The number of halogens is 2. The first-order chi connectivity index (χ1) is 8.97. The fraction of sp³-hybridized carbons (Fsp3) is 0. The Morgan fingerprint density at radius 2 is 2.11 bits per heavy atom. The van der Waals surface area contributed by atoms with E-state index in [4.69, 9.17) is 5.73 Å². The van der Waals surface area contributed by atoms with E-state index in [1.807, 2.05) is 0 Å². The Bertz CT molecular complexity index is 651. The molecule has 0 saturated carbocycles. The molecule has 0 spiro atoms. The molecule has 8 heteroatoms. The number of nitro groups is 1. The molecule has 0 saturated heterocycles. The van der Waals surface area contributed by atoms with Crippen molar-refractivity contribution in [1.82, 2.24) is 4.98 Å². The fourth-order valence-electron chi connectivity index (χ4n) is 1.42. The van der Waals surface area contributed by atoms with Crippen molar-refractivity contribution in [2.75, 3.05) is 11.1 Å². The molecular formula is C11H8BrFN4O2. The molecule has 0 atom stereocenters. The summed E-state index contributed by atoms with van der Waals surface area (Å²) < 4.78 is 13.4. The van der Waals surface area contributed by atoms with E-state index in [1.54, 1.807) is 0 Å². The second kappa shape index (κ2) is 5.19. The van der Waals surface area contributed by atoms with E-state index in [2.05, 4.69) is 26.2 Å². The standard InChI is InChI=1S/C11H8BrFN4O2/c12-7-5-6(13)1-2-8(7)15-10-4-3-9(17(18)19)11(14)16-10/h1-5H,(H3,14,15,16). The first-order valence-electron chi connectivity index (χ1n) is 5.10. The number of rotatable bonds is 3. The van der Waals surface area contributed by atoms with Crippen LogP contribution in [0.4, 0.5) is 27.4 Å². The SMILES string of the molecule is Nc1nc(Nc2ccc(F)cc2Br)ccc1[N+](=O)[O-]. The van der Waals surface area contributed by atoms with Gasteiger partial charge >= 0.3 is 5.69 Å². The average Bonchev–Trinajstić information content (AvgIpc) is 2.32. The molecule has 19 heavy (non-hydrogen) atoms. The van der Waals surface area contributed by atoms with Gasteiger partial charge in [0, 0.05) is 10.5 Å². The minimum atomic E-state index is -0.611. The molecule has 2 rings (SSSR count). The first kappa shape index (κ1) is 13.2. The third-order valence-corrected chi connectivity index (χ3v) is 2.95. The second-order valence-electron chi connectivity index (χ2n) is 3.61. The Morgan fingerprint density at radius 3 is 2.68 bits per heavy atom. The van der Waals surface area contributed by atoms with Crippen LogP contribution in [0.5, 0.6) is 0 Å². The zero-order valence-electron chi connectivity index (χ0n) is 9.43. The van der Waals surface area contributed by atoms with Gasteiger partial charge in [0.2, 0.25) is 5.82 Å². The van der Waals surface area contributed by atoms with E-state index in [9.17, 15) is 14.5 Å². The fourth-order valence-corrected chi connectivity index (χ4v) is 1.87. The lowest BCUT2D eigenvalue weighted by molar-refractivity contribution is -0.384. The van der Waals surface area contributed by atoms with E-state index in [0.29, 0.717) is 16.0 Å². The maximum absolute atomic E-state index is 12.9. The zero-order chi connectivity index (χ0) is 14.0. The number of benzene rings is 1. The maximum atomic E-state index is 12.9. The van der Waals surface area contributed by atoms with E-state index in [1.165, 1.54) is 30.3 Å². The van der Waals surface area contributed by atoms with Gasteiger partial charge in [-0.05, 0) is 40.2 Å². The molecule has 1 aromatic heterocycles. The van der Waals surface area contributed by atoms with E-state index < -0.39 is 4.92 Å². The van der Waals surface area contributed by atoms with Gasteiger partial charge in [-0.1, -0.05) is 0 Å². The molecule has 2 aromatic rings. The summed E-state index contributed by atoms with van der Waals surface area (Å²) in [4.78, 5) is 13.9. The highest BCUT2D eigenvalue weighted by Gasteiger charge is 2.13. The predicted octanol–water partition coefficient (Wildman–Crippen LogP) is 3.22. The molecule has 3 N–H and O–H groups in total.